The van der Waals surface area contributed by atoms with Gasteiger partial charge in [0, 0.05) is 25.5 Å². The minimum atomic E-state index is -0.216. The summed E-state index contributed by atoms with van der Waals surface area (Å²) in [5.74, 6) is 0.446. The van der Waals surface area contributed by atoms with Crippen LogP contribution in [-0.4, -0.2) is 47.2 Å². The molecule has 26 heavy (non-hydrogen) atoms. The number of nitrogens with one attached hydrogen (secondary N) is 1. The first-order valence-corrected chi connectivity index (χ1v) is 8.48. The molecule has 3 aromatic rings. The zero-order valence-corrected chi connectivity index (χ0v) is 15.3. The van der Waals surface area contributed by atoms with Crippen LogP contribution >= 0.6 is 0 Å². The molecule has 0 atom stereocenters. The van der Waals surface area contributed by atoms with Crippen molar-refractivity contribution >= 4 is 22.8 Å². The second-order valence-corrected chi connectivity index (χ2v) is 6.63. The number of anilines is 1. The van der Waals surface area contributed by atoms with Crippen LogP contribution in [0.15, 0.2) is 54.6 Å². The molecule has 1 aromatic heterocycles. The van der Waals surface area contributed by atoms with Gasteiger partial charge in [0.2, 0.25) is 0 Å². The predicted octanol–water partition coefficient (Wildman–Crippen LogP) is 3.36. The Bertz CT molecular complexity index is 892. The van der Waals surface area contributed by atoms with Crippen molar-refractivity contribution in [1.82, 2.24) is 20.0 Å². The molecule has 1 N–H and O–H groups in total. The summed E-state index contributed by atoms with van der Waals surface area (Å²) in [6.45, 7) is 1.42. The fraction of sp³-hybridized carbons (Fsp3) is 0.250. The number of hydrogen-bond acceptors (Lipinski definition) is 4. The number of aromatic nitrogens is 2. The number of nitrogens with zero attached hydrogens (tertiary/aromatic N) is 4. The number of benzene rings is 2. The molecule has 0 aliphatic heterocycles. The lowest BCUT2D eigenvalue weighted by Crippen LogP contribution is -2.31. The first-order valence-electron chi connectivity index (χ1n) is 8.48. The average Bonchev–Trinajstić information content (AvgIpc) is 2.62. The fourth-order valence-electron chi connectivity index (χ4n) is 2.71. The molecule has 2 aromatic carbocycles. The third-order valence-electron chi connectivity index (χ3n) is 4.02. The minimum absolute atomic E-state index is 0.216. The van der Waals surface area contributed by atoms with E-state index in [0.717, 1.165) is 23.0 Å². The minimum Gasteiger partial charge on any atom is -0.323 e. The van der Waals surface area contributed by atoms with Gasteiger partial charge in [0.25, 0.3) is 0 Å². The number of rotatable bonds is 5. The molecule has 1 heterocycles. The third-order valence-corrected chi connectivity index (χ3v) is 4.02. The summed E-state index contributed by atoms with van der Waals surface area (Å²) in [4.78, 5) is 16.2. The van der Waals surface area contributed by atoms with Crippen LogP contribution in [0.5, 0.6) is 0 Å². The van der Waals surface area contributed by atoms with E-state index in [-0.39, 0.29) is 6.03 Å². The van der Waals surface area contributed by atoms with Crippen molar-refractivity contribution in [2.24, 2.45) is 0 Å². The molecule has 0 aliphatic rings. The van der Waals surface area contributed by atoms with E-state index in [2.05, 4.69) is 44.7 Å². The van der Waals surface area contributed by atoms with Crippen LogP contribution in [-0.2, 0) is 13.1 Å². The van der Waals surface area contributed by atoms with E-state index in [1.165, 1.54) is 5.56 Å². The van der Waals surface area contributed by atoms with Crippen molar-refractivity contribution < 1.29 is 4.79 Å². The Morgan fingerprint density at radius 1 is 0.923 bits per heavy atom. The van der Waals surface area contributed by atoms with Gasteiger partial charge >= 0.3 is 6.03 Å². The van der Waals surface area contributed by atoms with Crippen molar-refractivity contribution in [1.29, 1.82) is 0 Å². The molecular weight excluding hydrogens is 326 g/mol. The molecule has 0 unspecified atom stereocenters. The lowest BCUT2D eigenvalue weighted by Gasteiger charge is -2.18. The summed E-state index contributed by atoms with van der Waals surface area (Å²) in [5, 5.41) is 11.9. The number of hydrogen-bond donors (Lipinski definition) is 1. The van der Waals surface area contributed by atoms with Crippen LogP contribution in [0.3, 0.4) is 0 Å². The topological polar surface area (TPSA) is 61.4 Å². The lowest BCUT2D eigenvalue weighted by atomic mass is 10.1. The second kappa shape index (κ2) is 7.93. The molecule has 0 fully saturated rings. The maximum absolute atomic E-state index is 12.4. The Balaban J connectivity index is 1.61. The molecule has 0 bridgehead atoms. The van der Waals surface area contributed by atoms with Crippen molar-refractivity contribution in [3.8, 4) is 0 Å². The van der Waals surface area contributed by atoms with E-state index in [1.807, 2.05) is 44.4 Å². The maximum Gasteiger partial charge on any atom is 0.323 e. The smallest absolute Gasteiger partial charge is 0.323 e. The number of amides is 2. The van der Waals surface area contributed by atoms with E-state index >= 15 is 0 Å². The molecule has 0 aliphatic carbocycles. The Morgan fingerprint density at radius 2 is 1.58 bits per heavy atom. The van der Waals surface area contributed by atoms with Crippen LogP contribution in [0.4, 0.5) is 10.6 Å². The van der Waals surface area contributed by atoms with Gasteiger partial charge < -0.3 is 9.80 Å². The zero-order valence-electron chi connectivity index (χ0n) is 15.3. The molecule has 0 saturated carbocycles. The normalized spacial score (nSPS) is 10.9. The molecule has 2 amide bonds. The van der Waals surface area contributed by atoms with Gasteiger partial charge in [-0.3, -0.25) is 5.32 Å². The Hall–Kier alpha value is -2.99. The van der Waals surface area contributed by atoms with Gasteiger partial charge in [0.05, 0.1) is 5.52 Å². The summed E-state index contributed by atoms with van der Waals surface area (Å²) in [5.41, 5.74) is 3.13. The summed E-state index contributed by atoms with van der Waals surface area (Å²) in [7, 11) is 5.85. The molecule has 0 spiro atoms. The average molecular weight is 349 g/mol. The largest absolute Gasteiger partial charge is 0.323 e. The lowest BCUT2D eigenvalue weighted by molar-refractivity contribution is 0.220. The SMILES string of the molecule is CN(C)Cc1ccc(CN(C)C(=O)Nc2cc3ccccc3nn2)cc1. The van der Waals surface area contributed by atoms with Gasteiger partial charge in [-0.25, -0.2) is 4.79 Å². The first kappa shape index (κ1) is 17.8. The van der Waals surface area contributed by atoms with E-state index in [4.69, 9.17) is 0 Å². The molecule has 0 saturated heterocycles. The quantitative estimate of drug-likeness (QED) is 0.767. The summed E-state index contributed by atoms with van der Waals surface area (Å²) in [6, 6.07) is 17.6. The second-order valence-electron chi connectivity index (χ2n) is 6.63. The van der Waals surface area contributed by atoms with Crippen molar-refractivity contribution in [2.45, 2.75) is 13.1 Å². The summed E-state index contributed by atoms with van der Waals surface area (Å²) in [6.07, 6.45) is 0. The maximum atomic E-state index is 12.4. The van der Waals surface area contributed by atoms with E-state index in [9.17, 15) is 4.79 Å². The predicted molar refractivity (Wildman–Crippen MR) is 104 cm³/mol. The number of carbonyl (C=O) groups is 1. The number of carbonyl (C=O) groups excluding carboxylic acids is 1. The molecule has 0 radical (unpaired) electrons. The van der Waals surface area contributed by atoms with Gasteiger partial charge in [0.1, 0.15) is 0 Å². The number of urea groups is 1. The highest BCUT2D eigenvalue weighted by molar-refractivity contribution is 5.90. The monoisotopic (exact) mass is 349 g/mol. The number of fused-ring (bicyclic) bond motifs is 1. The van der Waals surface area contributed by atoms with Crippen molar-refractivity contribution in [3.05, 3.63) is 65.7 Å². The molecule has 134 valence electrons. The van der Waals surface area contributed by atoms with E-state index < -0.39 is 0 Å². The third kappa shape index (κ3) is 4.55. The Morgan fingerprint density at radius 3 is 2.27 bits per heavy atom. The molecule has 6 heteroatoms. The van der Waals surface area contributed by atoms with Crippen molar-refractivity contribution in [3.63, 3.8) is 0 Å². The Labute approximate surface area is 153 Å². The van der Waals surface area contributed by atoms with Crippen LogP contribution in [0.2, 0.25) is 0 Å². The van der Waals surface area contributed by atoms with Gasteiger partial charge in [-0.2, -0.15) is 0 Å². The fourth-order valence-corrected chi connectivity index (χ4v) is 2.71. The van der Waals surface area contributed by atoms with Gasteiger partial charge in [0.15, 0.2) is 5.82 Å². The van der Waals surface area contributed by atoms with Crippen LogP contribution in [0, 0.1) is 0 Å². The standard InChI is InChI=1S/C20H23N5O/c1-24(2)13-15-8-10-16(11-9-15)14-25(3)20(26)21-19-12-17-6-4-5-7-18(17)22-23-19/h4-12H,13-14H2,1-3H3,(H,21,23,26). The van der Waals surface area contributed by atoms with Gasteiger partial charge in [-0.15, -0.1) is 10.2 Å². The van der Waals surface area contributed by atoms with Crippen LogP contribution < -0.4 is 5.32 Å². The van der Waals surface area contributed by atoms with E-state index in [0.29, 0.717) is 12.4 Å². The summed E-state index contributed by atoms with van der Waals surface area (Å²) < 4.78 is 0. The first-order chi connectivity index (χ1) is 12.5. The molecule has 3 rings (SSSR count). The Kier molecular flexibility index (Phi) is 5.43. The van der Waals surface area contributed by atoms with E-state index in [1.54, 1.807) is 11.9 Å². The van der Waals surface area contributed by atoms with Crippen LogP contribution in [0.25, 0.3) is 10.9 Å². The highest BCUT2D eigenvalue weighted by Crippen LogP contribution is 2.14. The van der Waals surface area contributed by atoms with Crippen molar-refractivity contribution in [2.75, 3.05) is 26.5 Å². The summed E-state index contributed by atoms with van der Waals surface area (Å²) >= 11 is 0. The zero-order chi connectivity index (χ0) is 18.5. The molecule has 6 nitrogen and oxygen atoms in total. The van der Waals surface area contributed by atoms with Crippen LogP contribution in [0.1, 0.15) is 11.1 Å². The highest BCUT2D eigenvalue weighted by atomic mass is 16.2. The van der Waals surface area contributed by atoms with Gasteiger partial charge in [-0.1, -0.05) is 42.5 Å². The molecular formula is C20H23N5O. The highest BCUT2D eigenvalue weighted by Gasteiger charge is 2.11. The van der Waals surface area contributed by atoms with Gasteiger partial charge in [-0.05, 0) is 37.4 Å².